The van der Waals surface area contributed by atoms with Crippen molar-refractivity contribution >= 4 is 5.91 Å². The minimum atomic E-state index is 0.179. The van der Waals surface area contributed by atoms with Crippen molar-refractivity contribution in [3.63, 3.8) is 0 Å². The first-order chi connectivity index (χ1) is 6.68. The molecular formula is C11H22N2O. The summed E-state index contributed by atoms with van der Waals surface area (Å²) < 4.78 is 0. The quantitative estimate of drug-likeness (QED) is 0.647. The Morgan fingerprint density at radius 1 is 1.36 bits per heavy atom. The van der Waals surface area contributed by atoms with E-state index in [4.69, 9.17) is 0 Å². The second kappa shape index (κ2) is 6.02. The number of hydrogen-bond donors (Lipinski definition) is 2. The van der Waals surface area contributed by atoms with E-state index in [0.717, 1.165) is 19.0 Å². The first-order valence-corrected chi connectivity index (χ1v) is 5.68. The normalized spacial score (nSPS) is 15.9. The van der Waals surface area contributed by atoms with E-state index in [1.54, 1.807) is 0 Å². The number of hydrogen-bond acceptors (Lipinski definition) is 2. The molecule has 0 aromatic rings. The Balaban J connectivity index is 1.87. The molecule has 1 amide bonds. The minimum absolute atomic E-state index is 0.179. The van der Waals surface area contributed by atoms with Gasteiger partial charge in [-0.1, -0.05) is 26.7 Å². The maximum atomic E-state index is 11.3. The highest BCUT2D eigenvalue weighted by Gasteiger charge is 2.20. The molecule has 1 saturated carbocycles. The van der Waals surface area contributed by atoms with Crippen molar-refractivity contribution in [1.29, 1.82) is 0 Å². The Kier molecular flexibility index (Phi) is 4.94. The maximum absolute atomic E-state index is 11.3. The molecule has 0 aliphatic heterocycles. The number of carbonyl (C=O) groups is 1. The molecule has 1 aliphatic rings. The van der Waals surface area contributed by atoms with E-state index in [0.29, 0.717) is 12.5 Å². The van der Waals surface area contributed by atoms with Gasteiger partial charge in [0.2, 0.25) is 5.91 Å². The van der Waals surface area contributed by atoms with Gasteiger partial charge in [-0.15, -0.1) is 0 Å². The SMILES string of the molecule is CC(C)NCCC(=O)NCCC1CC1. The molecule has 1 aliphatic carbocycles. The lowest BCUT2D eigenvalue weighted by Gasteiger charge is -2.08. The van der Waals surface area contributed by atoms with Gasteiger partial charge in [-0.2, -0.15) is 0 Å². The fourth-order valence-corrected chi connectivity index (χ4v) is 1.39. The molecule has 1 fully saturated rings. The Morgan fingerprint density at radius 3 is 2.64 bits per heavy atom. The summed E-state index contributed by atoms with van der Waals surface area (Å²) in [4.78, 5) is 11.3. The highest BCUT2D eigenvalue weighted by atomic mass is 16.1. The summed E-state index contributed by atoms with van der Waals surface area (Å²) >= 11 is 0. The zero-order valence-electron chi connectivity index (χ0n) is 9.31. The largest absolute Gasteiger partial charge is 0.356 e. The van der Waals surface area contributed by atoms with Crippen LogP contribution in [0, 0.1) is 5.92 Å². The molecule has 0 aromatic carbocycles. The Labute approximate surface area is 86.6 Å². The Bertz CT molecular complexity index is 166. The maximum Gasteiger partial charge on any atom is 0.221 e. The molecule has 3 nitrogen and oxygen atoms in total. The highest BCUT2D eigenvalue weighted by molar-refractivity contribution is 5.75. The van der Waals surface area contributed by atoms with Crippen LogP contribution in [0.15, 0.2) is 0 Å². The third kappa shape index (κ3) is 5.97. The first kappa shape index (κ1) is 11.5. The van der Waals surface area contributed by atoms with Crippen molar-refractivity contribution in [2.24, 2.45) is 5.92 Å². The third-order valence-corrected chi connectivity index (χ3v) is 2.48. The van der Waals surface area contributed by atoms with Crippen LogP contribution in [0.2, 0.25) is 0 Å². The summed E-state index contributed by atoms with van der Waals surface area (Å²) in [5, 5.41) is 6.18. The van der Waals surface area contributed by atoms with Gasteiger partial charge in [-0.3, -0.25) is 4.79 Å². The van der Waals surface area contributed by atoms with Crippen molar-refractivity contribution in [3.8, 4) is 0 Å². The van der Waals surface area contributed by atoms with Crippen molar-refractivity contribution in [2.45, 2.75) is 45.6 Å². The molecule has 0 heterocycles. The van der Waals surface area contributed by atoms with Gasteiger partial charge >= 0.3 is 0 Å². The van der Waals surface area contributed by atoms with E-state index in [1.165, 1.54) is 19.3 Å². The average Bonchev–Trinajstić information content (AvgIpc) is 2.87. The molecular weight excluding hydrogens is 176 g/mol. The van der Waals surface area contributed by atoms with Gasteiger partial charge < -0.3 is 10.6 Å². The summed E-state index contributed by atoms with van der Waals surface area (Å²) in [6.07, 6.45) is 4.50. The molecule has 1 rings (SSSR count). The molecule has 2 N–H and O–H groups in total. The Morgan fingerprint density at radius 2 is 2.07 bits per heavy atom. The van der Waals surface area contributed by atoms with E-state index in [9.17, 15) is 4.79 Å². The monoisotopic (exact) mass is 198 g/mol. The summed E-state index contributed by atoms with van der Waals surface area (Å²) in [5.74, 6) is 1.09. The molecule has 0 atom stereocenters. The van der Waals surface area contributed by atoms with Crippen LogP contribution < -0.4 is 10.6 Å². The van der Waals surface area contributed by atoms with Crippen LogP contribution in [0.5, 0.6) is 0 Å². The van der Waals surface area contributed by atoms with Crippen LogP contribution in [-0.2, 0) is 4.79 Å². The smallest absolute Gasteiger partial charge is 0.221 e. The molecule has 0 radical (unpaired) electrons. The van der Waals surface area contributed by atoms with Gasteiger partial charge in [0.05, 0.1) is 0 Å². The topological polar surface area (TPSA) is 41.1 Å². The van der Waals surface area contributed by atoms with E-state index in [-0.39, 0.29) is 5.91 Å². The lowest BCUT2D eigenvalue weighted by Crippen LogP contribution is -2.31. The van der Waals surface area contributed by atoms with E-state index >= 15 is 0 Å². The second-order valence-electron chi connectivity index (χ2n) is 4.44. The zero-order chi connectivity index (χ0) is 10.4. The molecule has 0 saturated heterocycles. The van der Waals surface area contributed by atoms with Crippen molar-refractivity contribution < 1.29 is 4.79 Å². The number of rotatable bonds is 7. The van der Waals surface area contributed by atoms with Crippen LogP contribution in [0.4, 0.5) is 0 Å². The van der Waals surface area contributed by atoms with E-state index in [2.05, 4.69) is 24.5 Å². The van der Waals surface area contributed by atoms with Crippen LogP contribution >= 0.6 is 0 Å². The minimum Gasteiger partial charge on any atom is -0.356 e. The Hall–Kier alpha value is -0.570. The predicted molar refractivity (Wildman–Crippen MR) is 58.1 cm³/mol. The van der Waals surface area contributed by atoms with Gasteiger partial charge in [0.1, 0.15) is 0 Å². The fraction of sp³-hybridized carbons (Fsp3) is 0.909. The second-order valence-corrected chi connectivity index (χ2v) is 4.44. The molecule has 0 bridgehead atoms. The van der Waals surface area contributed by atoms with Crippen molar-refractivity contribution in [1.82, 2.24) is 10.6 Å². The standard InChI is InChI=1S/C11H22N2O/c1-9(2)12-8-6-11(14)13-7-5-10-3-4-10/h9-10,12H,3-8H2,1-2H3,(H,13,14). The summed E-state index contributed by atoms with van der Waals surface area (Å²) in [7, 11) is 0. The molecule has 0 spiro atoms. The van der Waals surface area contributed by atoms with Gasteiger partial charge in [0, 0.05) is 25.6 Å². The zero-order valence-corrected chi connectivity index (χ0v) is 9.31. The van der Waals surface area contributed by atoms with Crippen molar-refractivity contribution in [2.75, 3.05) is 13.1 Å². The lowest BCUT2D eigenvalue weighted by atomic mass is 10.3. The van der Waals surface area contributed by atoms with Gasteiger partial charge in [-0.05, 0) is 12.3 Å². The van der Waals surface area contributed by atoms with Gasteiger partial charge in [-0.25, -0.2) is 0 Å². The average molecular weight is 198 g/mol. The number of amides is 1. The first-order valence-electron chi connectivity index (χ1n) is 5.68. The van der Waals surface area contributed by atoms with Crippen LogP contribution in [0.1, 0.15) is 39.5 Å². The van der Waals surface area contributed by atoms with Crippen molar-refractivity contribution in [3.05, 3.63) is 0 Å². The molecule has 82 valence electrons. The summed E-state index contributed by atoms with van der Waals surface area (Å²) in [6.45, 7) is 5.83. The number of nitrogens with one attached hydrogen (secondary N) is 2. The van der Waals surface area contributed by atoms with E-state index < -0.39 is 0 Å². The lowest BCUT2D eigenvalue weighted by molar-refractivity contribution is -0.121. The van der Waals surface area contributed by atoms with E-state index in [1.807, 2.05) is 0 Å². The van der Waals surface area contributed by atoms with Gasteiger partial charge in [0.15, 0.2) is 0 Å². The van der Waals surface area contributed by atoms with Crippen LogP contribution in [0.3, 0.4) is 0 Å². The highest BCUT2D eigenvalue weighted by Crippen LogP contribution is 2.31. The molecule has 0 unspecified atom stereocenters. The predicted octanol–water partition coefficient (Wildman–Crippen LogP) is 1.29. The molecule has 0 aromatic heterocycles. The van der Waals surface area contributed by atoms with Crippen LogP contribution in [-0.4, -0.2) is 25.0 Å². The molecule has 14 heavy (non-hydrogen) atoms. The summed E-state index contributed by atoms with van der Waals surface area (Å²) in [6, 6.07) is 0.467. The fourth-order valence-electron chi connectivity index (χ4n) is 1.39. The van der Waals surface area contributed by atoms with Gasteiger partial charge in [0.25, 0.3) is 0 Å². The third-order valence-electron chi connectivity index (χ3n) is 2.48. The van der Waals surface area contributed by atoms with Crippen LogP contribution in [0.25, 0.3) is 0 Å². The summed E-state index contributed by atoms with van der Waals surface area (Å²) in [5.41, 5.74) is 0. The number of carbonyl (C=O) groups excluding carboxylic acids is 1. The molecule has 3 heteroatoms.